The number of carbonyl (C=O) groups excluding carboxylic acids is 1. The minimum atomic E-state index is -2.17. The number of nitrogens with two attached hydrogens (primary N) is 2. The van der Waals surface area contributed by atoms with E-state index in [0.717, 1.165) is 5.56 Å². The van der Waals surface area contributed by atoms with Crippen LogP contribution in [0.25, 0.3) is 5.57 Å². The third kappa shape index (κ3) is 4.14. The minimum Gasteiger partial charge on any atom is -0.481 e. The third-order valence-electron chi connectivity index (χ3n) is 6.38. The number of aliphatic hydroxyl groups is 1. The van der Waals surface area contributed by atoms with Crippen molar-refractivity contribution in [3.63, 3.8) is 0 Å². The van der Waals surface area contributed by atoms with Crippen LogP contribution in [0.2, 0.25) is 5.02 Å². The summed E-state index contributed by atoms with van der Waals surface area (Å²) in [6, 6.07) is 12.9. The zero-order valence-corrected chi connectivity index (χ0v) is 19.8. The summed E-state index contributed by atoms with van der Waals surface area (Å²) in [5, 5.41) is 9.89. The Morgan fingerprint density at radius 3 is 2.65 bits per heavy atom. The quantitative estimate of drug-likeness (QED) is 0.555. The Balaban J connectivity index is 1.88. The fourth-order valence-corrected chi connectivity index (χ4v) is 4.97. The number of amides is 1. The van der Waals surface area contributed by atoms with Gasteiger partial charge in [0.1, 0.15) is 11.9 Å². The summed E-state index contributed by atoms with van der Waals surface area (Å²) in [5.74, 6) is -0.276. The Morgan fingerprint density at radius 2 is 2.03 bits per heavy atom. The first-order valence-electron chi connectivity index (χ1n) is 11.1. The number of benzene rings is 2. The number of alkyl halides is 1. The molecular formula is C26H28ClFN2O4. The van der Waals surface area contributed by atoms with Gasteiger partial charge in [-0.3, -0.25) is 4.79 Å². The molecule has 2 unspecified atom stereocenters. The van der Waals surface area contributed by atoms with Gasteiger partial charge in [0, 0.05) is 40.3 Å². The first-order chi connectivity index (χ1) is 16.1. The molecule has 2 aliphatic rings. The number of fused-ring (bicyclic) bond motifs is 1. The average Bonchev–Trinajstić information content (AvgIpc) is 3.19. The number of halogens is 2. The smallest absolute Gasteiger partial charge is 0.249 e. The average molecular weight is 487 g/mol. The Bertz CT molecular complexity index is 1160. The fourth-order valence-electron chi connectivity index (χ4n) is 4.70. The van der Waals surface area contributed by atoms with Gasteiger partial charge in [-0.2, -0.15) is 0 Å². The fraction of sp³-hybridized carbons (Fsp3) is 0.346. The van der Waals surface area contributed by atoms with E-state index in [-0.39, 0.29) is 29.3 Å². The van der Waals surface area contributed by atoms with Crippen LogP contribution in [0, 0.1) is 0 Å². The molecule has 8 heteroatoms. The molecule has 0 aromatic heterocycles. The molecule has 1 amide bonds. The molecule has 0 bridgehead atoms. The monoisotopic (exact) mass is 486 g/mol. The summed E-state index contributed by atoms with van der Waals surface area (Å²) >= 11 is 6.65. The van der Waals surface area contributed by atoms with Crippen LogP contribution in [-0.2, 0) is 21.6 Å². The maximum absolute atomic E-state index is 16.5. The second kappa shape index (κ2) is 9.15. The molecule has 2 aromatic carbocycles. The molecule has 4 rings (SSSR count). The molecule has 0 radical (unpaired) electrons. The SMILES string of the molecule is C[C@@H](O)COC1C=CC(C(N)=O)=C(c2c(Cl)ccc3c2C[C@@](CN)(c2ccccc2)O3)C1(C)F. The summed E-state index contributed by atoms with van der Waals surface area (Å²) in [5.41, 5.74) is 10.7. The van der Waals surface area contributed by atoms with Crippen molar-refractivity contribution in [1.82, 2.24) is 0 Å². The van der Waals surface area contributed by atoms with Crippen molar-refractivity contribution in [2.24, 2.45) is 11.5 Å². The van der Waals surface area contributed by atoms with Crippen molar-refractivity contribution >= 4 is 23.1 Å². The summed E-state index contributed by atoms with van der Waals surface area (Å²) < 4.78 is 28.5. The molecule has 0 saturated heterocycles. The number of rotatable bonds is 7. The van der Waals surface area contributed by atoms with E-state index in [1.807, 2.05) is 30.3 Å². The number of primary amides is 1. The topological polar surface area (TPSA) is 108 Å². The van der Waals surface area contributed by atoms with Gasteiger partial charge in [0.2, 0.25) is 5.91 Å². The van der Waals surface area contributed by atoms with Gasteiger partial charge < -0.3 is 26.0 Å². The molecule has 0 spiro atoms. The predicted octanol–water partition coefficient (Wildman–Crippen LogP) is 3.43. The number of aliphatic hydroxyl groups excluding tert-OH is 1. The molecule has 5 N–H and O–H groups in total. The molecule has 1 aliphatic carbocycles. The maximum Gasteiger partial charge on any atom is 0.249 e. The summed E-state index contributed by atoms with van der Waals surface area (Å²) in [7, 11) is 0. The van der Waals surface area contributed by atoms with E-state index in [9.17, 15) is 9.90 Å². The van der Waals surface area contributed by atoms with Crippen molar-refractivity contribution in [2.75, 3.05) is 13.2 Å². The van der Waals surface area contributed by atoms with Crippen LogP contribution >= 0.6 is 11.6 Å². The Hall–Kier alpha value is -2.71. The van der Waals surface area contributed by atoms with Crippen LogP contribution in [-0.4, -0.2) is 42.0 Å². The summed E-state index contributed by atoms with van der Waals surface area (Å²) in [6.45, 7) is 2.96. The van der Waals surface area contributed by atoms with Crippen LogP contribution in [0.4, 0.5) is 4.39 Å². The van der Waals surface area contributed by atoms with Gasteiger partial charge in [0.25, 0.3) is 0 Å². The first kappa shape index (κ1) is 24.4. The van der Waals surface area contributed by atoms with Gasteiger partial charge >= 0.3 is 0 Å². The largest absolute Gasteiger partial charge is 0.481 e. The maximum atomic E-state index is 16.5. The second-order valence-electron chi connectivity index (χ2n) is 8.93. The lowest BCUT2D eigenvalue weighted by Crippen LogP contribution is -2.42. The lowest BCUT2D eigenvalue weighted by molar-refractivity contribution is -0.114. The van der Waals surface area contributed by atoms with E-state index in [1.165, 1.54) is 19.1 Å². The highest BCUT2D eigenvalue weighted by Gasteiger charge is 2.48. The zero-order valence-electron chi connectivity index (χ0n) is 19.1. The van der Waals surface area contributed by atoms with E-state index in [2.05, 4.69) is 0 Å². The molecule has 180 valence electrons. The molecule has 0 fully saturated rings. The lowest BCUT2D eigenvalue weighted by atomic mass is 9.76. The highest BCUT2D eigenvalue weighted by atomic mass is 35.5. The van der Waals surface area contributed by atoms with Crippen molar-refractivity contribution in [3.05, 3.63) is 81.9 Å². The van der Waals surface area contributed by atoms with E-state index < -0.39 is 29.4 Å². The van der Waals surface area contributed by atoms with Crippen molar-refractivity contribution in [2.45, 2.75) is 43.7 Å². The normalized spacial score (nSPS) is 26.8. The molecule has 1 aliphatic heterocycles. The van der Waals surface area contributed by atoms with Crippen LogP contribution in [0.1, 0.15) is 30.5 Å². The van der Waals surface area contributed by atoms with Gasteiger partial charge in [0.05, 0.1) is 12.7 Å². The van der Waals surface area contributed by atoms with Gasteiger partial charge in [-0.15, -0.1) is 0 Å². The van der Waals surface area contributed by atoms with Gasteiger partial charge in [-0.1, -0.05) is 54.1 Å². The molecule has 6 nitrogen and oxygen atoms in total. The van der Waals surface area contributed by atoms with Crippen LogP contribution < -0.4 is 16.2 Å². The molecule has 34 heavy (non-hydrogen) atoms. The standard InChI is InChI=1S/C26H28ClFN2O4/c1-15(31)13-33-21-11-8-17(24(30)32)23(25(21,2)28)22-18-12-26(14-29,16-6-4-3-5-7-16)34-20(18)10-9-19(22)27/h3-11,15,21,31H,12-14,29H2,1-2H3,(H2,30,32)/t15-,21?,25?,26-/m1/s1. The summed E-state index contributed by atoms with van der Waals surface area (Å²) in [4.78, 5) is 12.4. The van der Waals surface area contributed by atoms with Crippen LogP contribution in [0.15, 0.2) is 60.2 Å². The summed E-state index contributed by atoms with van der Waals surface area (Å²) in [6.07, 6.45) is 1.36. The number of hydrogen-bond acceptors (Lipinski definition) is 5. The van der Waals surface area contributed by atoms with E-state index in [0.29, 0.717) is 23.3 Å². The highest BCUT2D eigenvalue weighted by Crippen LogP contribution is 2.51. The molecule has 2 aromatic rings. The number of hydrogen-bond donors (Lipinski definition) is 3. The Morgan fingerprint density at radius 1 is 1.32 bits per heavy atom. The van der Waals surface area contributed by atoms with Gasteiger partial charge in [-0.25, -0.2) is 4.39 Å². The third-order valence-corrected chi connectivity index (χ3v) is 6.69. The van der Waals surface area contributed by atoms with E-state index >= 15 is 4.39 Å². The zero-order chi connectivity index (χ0) is 24.7. The van der Waals surface area contributed by atoms with E-state index in [4.69, 9.17) is 32.5 Å². The minimum absolute atomic E-state index is 0.00200. The Kier molecular flexibility index (Phi) is 6.57. The number of ether oxygens (including phenoxy) is 2. The van der Waals surface area contributed by atoms with Gasteiger partial charge in [-0.05, 0) is 31.5 Å². The van der Waals surface area contributed by atoms with Crippen molar-refractivity contribution < 1.29 is 23.8 Å². The molecular weight excluding hydrogens is 459 g/mol. The highest BCUT2D eigenvalue weighted by molar-refractivity contribution is 6.33. The van der Waals surface area contributed by atoms with Crippen molar-refractivity contribution in [3.8, 4) is 5.75 Å². The molecule has 4 atom stereocenters. The van der Waals surface area contributed by atoms with Crippen LogP contribution in [0.5, 0.6) is 5.75 Å². The number of carbonyl (C=O) groups is 1. The van der Waals surface area contributed by atoms with Crippen molar-refractivity contribution in [1.29, 1.82) is 0 Å². The molecule has 1 heterocycles. The lowest BCUT2D eigenvalue weighted by Gasteiger charge is -2.36. The first-order valence-corrected chi connectivity index (χ1v) is 11.5. The molecule has 0 saturated carbocycles. The predicted molar refractivity (Wildman–Crippen MR) is 129 cm³/mol. The Labute approximate surface area is 203 Å². The van der Waals surface area contributed by atoms with Crippen LogP contribution in [0.3, 0.4) is 0 Å². The second-order valence-corrected chi connectivity index (χ2v) is 9.34. The van der Waals surface area contributed by atoms with E-state index in [1.54, 1.807) is 19.1 Å². The van der Waals surface area contributed by atoms with Gasteiger partial charge in [0.15, 0.2) is 11.3 Å².